The molecule has 3 aromatic rings. The highest BCUT2D eigenvalue weighted by Gasteiger charge is 2.24. The SMILES string of the molecule is O=[N+]([O-])c1ccccc1C1C=C(c2ccc(Br)cc2)Nc2ccccc2N1. The van der Waals surface area contributed by atoms with Crippen molar-refractivity contribution in [1.82, 2.24) is 0 Å². The van der Waals surface area contributed by atoms with Crippen LogP contribution in [0.5, 0.6) is 0 Å². The first kappa shape index (κ1) is 17.3. The molecule has 0 bridgehead atoms. The molecule has 1 unspecified atom stereocenters. The third kappa shape index (κ3) is 3.57. The Balaban J connectivity index is 1.86. The molecule has 2 N–H and O–H groups in total. The minimum atomic E-state index is -0.346. The molecule has 27 heavy (non-hydrogen) atoms. The van der Waals surface area contributed by atoms with Crippen LogP contribution in [-0.4, -0.2) is 4.92 Å². The van der Waals surface area contributed by atoms with Crippen molar-refractivity contribution in [1.29, 1.82) is 0 Å². The predicted octanol–water partition coefficient (Wildman–Crippen LogP) is 5.98. The maximum Gasteiger partial charge on any atom is 0.274 e. The minimum Gasteiger partial charge on any atom is -0.373 e. The summed E-state index contributed by atoms with van der Waals surface area (Å²) in [6.45, 7) is 0. The molecule has 1 aliphatic heterocycles. The lowest BCUT2D eigenvalue weighted by molar-refractivity contribution is -0.385. The van der Waals surface area contributed by atoms with Crippen LogP contribution in [-0.2, 0) is 0 Å². The number of rotatable bonds is 3. The molecule has 5 nitrogen and oxygen atoms in total. The largest absolute Gasteiger partial charge is 0.373 e. The Morgan fingerprint density at radius 2 is 1.56 bits per heavy atom. The average Bonchev–Trinajstić information content (AvgIpc) is 2.88. The van der Waals surface area contributed by atoms with Crippen LogP contribution in [0.15, 0.2) is 83.3 Å². The zero-order valence-electron chi connectivity index (χ0n) is 14.2. The zero-order chi connectivity index (χ0) is 18.8. The number of nitro benzene ring substituents is 1. The topological polar surface area (TPSA) is 67.2 Å². The summed E-state index contributed by atoms with van der Waals surface area (Å²) in [6.07, 6.45) is 1.99. The van der Waals surface area contributed by atoms with E-state index in [9.17, 15) is 10.1 Å². The third-order valence-electron chi connectivity index (χ3n) is 4.46. The molecule has 6 heteroatoms. The number of benzene rings is 3. The average molecular weight is 422 g/mol. The molecule has 1 heterocycles. The Morgan fingerprint density at radius 1 is 0.889 bits per heavy atom. The molecule has 0 spiro atoms. The van der Waals surface area contributed by atoms with E-state index in [1.807, 2.05) is 60.7 Å². The van der Waals surface area contributed by atoms with Gasteiger partial charge >= 0.3 is 0 Å². The lowest BCUT2D eigenvalue weighted by Gasteiger charge is -2.16. The lowest BCUT2D eigenvalue weighted by Crippen LogP contribution is -2.10. The summed E-state index contributed by atoms with van der Waals surface area (Å²) >= 11 is 3.46. The van der Waals surface area contributed by atoms with E-state index in [0.717, 1.165) is 27.1 Å². The molecule has 0 saturated heterocycles. The van der Waals surface area contributed by atoms with Crippen LogP contribution < -0.4 is 10.6 Å². The molecule has 0 radical (unpaired) electrons. The van der Waals surface area contributed by atoms with Gasteiger partial charge < -0.3 is 10.6 Å². The number of anilines is 2. The first-order chi connectivity index (χ1) is 13.1. The Morgan fingerprint density at radius 3 is 2.30 bits per heavy atom. The van der Waals surface area contributed by atoms with Crippen molar-refractivity contribution >= 4 is 38.7 Å². The highest BCUT2D eigenvalue weighted by molar-refractivity contribution is 9.10. The van der Waals surface area contributed by atoms with Crippen LogP contribution >= 0.6 is 15.9 Å². The van der Waals surface area contributed by atoms with E-state index >= 15 is 0 Å². The molecule has 4 rings (SSSR count). The summed E-state index contributed by atoms with van der Waals surface area (Å²) in [5.74, 6) is 0. The third-order valence-corrected chi connectivity index (χ3v) is 4.99. The molecule has 0 amide bonds. The van der Waals surface area contributed by atoms with Gasteiger partial charge in [-0.25, -0.2) is 0 Å². The number of halogens is 1. The van der Waals surface area contributed by atoms with Crippen LogP contribution in [0.2, 0.25) is 0 Å². The van der Waals surface area contributed by atoms with Gasteiger partial charge in [-0.2, -0.15) is 0 Å². The Kier molecular flexibility index (Phi) is 4.64. The number of hydrogen-bond acceptors (Lipinski definition) is 4. The lowest BCUT2D eigenvalue weighted by atomic mass is 10.0. The van der Waals surface area contributed by atoms with Crippen molar-refractivity contribution in [2.75, 3.05) is 10.6 Å². The summed E-state index contributed by atoms with van der Waals surface area (Å²) in [5, 5.41) is 18.4. The van der Waals surface area contributed by atoms with E-state index in [0.29, 0.717) is 5.56 Å². The first-order valence-electron chi connectivity index (χ1n) is 8.45. The van der Waals surface area contributed by atoms with Crippen LogP contribution in [0, 0.1) is 10.1 Å². The number of nitro groups is 1. The number of nitrogens with zero attached hydrogens (tertiary/aromatic N) is 1. The second kappa shape index (κ2) is 7.25. The molecular formula is C21H16BrN3O2. The van der Waals surface area contributed by atoms with Gasteiger partial charge in [-0.1, -0.05) is 52.3 Å². The fraction of sp³-hybridized carbons (Fsp3) is 0.0476. The van der Waals surface area contributed by atoms with Crippen LogP contribution in [0.4, 0.5) is 17.1 Å². The molecule has 0 aliphatic carbocycles. The predicted molar refractivity (Wildman–Crippen MR) is 112 cm³/mol. The quantitative estimate of drug-likeness (QED) is 0.403. The van der Waals surface area contributed by atoms with Crippen LogP contribution in [0.25, 0.3) is 5.70 Å². The maximum absolute atomic E-state index is 11.5. The molecule has 0 fully saturated rings. The Hall–Kier alpha value is -3.12. The van der Waals surface area contributed by atoms with Crippen LogP contribution in [0.1, 0.15) is 17.2 Å². The first-order valence-corrected chi connectivity index (χ1v) is 9.25. The van der Waals surface area contributed by atoms with Crippen molar-refractivity contribution in [3.63, 3.8) is 0 Å². The van der Waals surface area contributed by atoms with Crippen molar-refractivity contribution in [2.45, 2.75) is 6.04 Å². The van der Waals surface area contributed by atoms with Gasteiger partial charge in [0, 0.05) is 16.2 Å². The van der Waals surface area contributed by atoms with E-state index in [2.05, 4.69) is 26.6 Å². The molecule has 0 saturated carbocycles. The van der Waals surface area contributed by atoms with E-state index < -0.39 is 0 Å². The highest BCUT2D eigenvalue weighted by Crippen LogP contribution is 2.37. The van der Waals surface area contributed by atoms with E-state index in [1.54, 1.807) is 12.1 Å². The van der Waals surface area contributed by atoms with Crippen molar-refractivity contribution in [3.05, 3.63) is 105 Å². The number of nitrogens with one attached hydrogen (secondary N) is 2. The smallest absolute Gasteiger partial charge is 0.274 e. The van der Waals surface area contributed by atoms with Crippen molar-refractivity contribution in [3.8, 4) is 0 Å². The maximum atomic E-state index is 11.5. The van der Waals surface area contributed by atoms with Gasteiger partial charge in [0.15, 0.2) is 0 Å². The molecular weight excluding hydrogens is 406 g/mol. The standard InChI is InChI=1S/C21H16BrN3O2/c22-15-11-9-14(10-12-15)19-13-20(16-5-1-4-8-21(16)25(26)27)24-18-7-3-2-6-17(18)23-19/h1-13,20,23-24H. The zero-order valence-corrected chi connectivity index (χ0v) is 15.8. The highest BCUT2D eigenvalue weighted by atomic mass is 79.9. The van der Waals surface area contributed by atoms with Gasteiger partial charge in [-0.3, -0.25) is 10.1 Å². The summed E-state index contributed by atoms with van der Waals surface area (Å²) in [6, 6.07) is 22.3. The normalized spacial score (nSPS) is 15.6. The summed E-state index contributed by atoms with van der Waals surface area (Å²) in [5.41, 5.74) is 4.43. The number of para-hydroxylation sites is 3. The van der Waals surface area contributed by atoms with Crippen molar-refractivity contribution < 1.29 is 4.92 Å². The van der Waals surface area contributed by atoms with Crippen LogP contribution in [0.3, 0.4) is 0 Å². The van der Waals surface area contributed by atoms with Gasteiger partial charge in [0.05, 0.1) is 27.9 Å². The molecule has 1 aliphatic rings. The molecule has 0 aromatic heterocycles. The van der Waals surface area contributed by atoms with E-state index in [1.165, 1.54) is 6.07 Å². The monoisotopic (exact) mass is 421 g/mol. The fourth-order valence-corrected chi connectivity index (χ4v) is 3.43. The number of fused-ring (bicyclic) bond motifs is 1. The Bertz CT molecular complexity index is 1030. The molecule has 134 valence electrons. The number of hydrogen-bond donors (Lipinski definition) is 2. The Labute approximate surface area is 165 Å². The second-order valence-electron chi connectivity index (χ2n) is 6.20. The summed E-state index contributed by atoms with van der Waals surface area (Å²) in [7, 11) is 0. The van der Waals surface area contributed by atoms with Gasteiger partial charge in [-0.15, -0.1) is 0 Å². The minimum absolute atomic E-state index is 0.0980. The van der Waals surface area contributed by atoms with Gasteiger partial charge in [0.2, 0.25) is 0 Å². The summed E-state index contributed by atoms with van der Waals surface area (Å²) < 4.78 is 0.995. The fourth-order valence-electron chi connectivity index (χ4n) is 3.16. The molecule has 1 atom stereocenters. The van der Waals surface area contributed by atoms with Gasteiger partial charge in [-0.05, 0) is 42.0 Å². The van der Waals surface area contributed by atoms with Crippen molar-refractivity contribution in [2.24, 2.45) is 0 Å². The van der Waals surface area contributed by atoms with E-state index in [-0.39, 0.29) is 16.7 Å². The second-order valence-corrected chi connectivity index (χ2v) is 7.11. The van der Waals surface area contributed by atoms with Gasteiger partial charge in [0.1, 0.15) is 0 Å². The van der Waals surface area contributed by atoms with E-state index in [4.69, 9.17) is 0 Å². The summed E-state index contributed by atoms with van der Waals surface area (Å²) in [4.78, 5) is 11.2. The molecule has 3 aromatic carbocycles. The van der Waals surface area contributed by atoms with Gasteiger partial charge in [0.25, 0.3) is 5.69 Å².